The predicted octanol–water partition coefficient (Wildman–Crippen LogP) is 2.03. The molecule has 0 spiro atoms. The zero-order valence-electron chi connectivity index (χ0n) is 8.59. The Hall–Kier alpha value is -0.930. The molecule has 14 heavy (non-hydrogen) atoms. The second-order valence-electron chi connectivity index (χ2n) is 3.42. The van der Waals surface area contributed by atoms with Crippen LogP contribution in [0, 0.1) is 5.82 Å². The van der Waals surface area contributed by atoms with Gasteiger partial charge in [0.1, 0.15) is 5.82 Å². The first-order valence-corrected chi connectivity index (χ1v) is 4.66. The van der Waals surface area contributed by atoms with Crippen molar-refractivity contribution in [3.05, 3.63) is 35.1 Å². The van der Waals surface area contributed by atoms with Gasteiger partial charge in [0.25, 0.3) is 0 Å². The van der Waals surface area contributed by atoms with Crippen LogP contribution in [0.1, 0.15) is 24.0 Å². The predicted molar refractivity (Wildman–Crippen MR) is 54.6 cm³/mol. The van der Waals surface area contributed by atoms with Gasteiger partial charge in [-0.05, 0) is 24.1 Å². The lowest BCUT2D eigenvalue weighted by Gasteiger charge is -2.11. The van der Waals surface area contributed by atoms with Gasteiger partial charge >= 0.3 is 0 Å². The molecule has 0 saturated carbocycles. The Labute approximate surface area is 83.9 Å². The van der Waals surface area contributed by atoms with Crippen molar-refractivity contribution in [1.29, 1.82) is 0 Å². The molecule has 0 bridgehead atoms. The lowest BCUT2D eigenvalue weighted by molar-refractivity contribution is 0.181. The zero-order chi connectivity index (χ0) is 10.6. The number of ether oxygens (including phenoxy) is 1. The fraction of sp³-hybridized carbons (Fsp3) is 0.455. The third-order valence-corrected chi connectivity index (χ3v) is 2.29. The van der Waals surface area contributed by atoms with Crippen molar-refractivity contribution in [3.8, 4) is 0 Å². The number of halogens is 1. The Morgan fingerprint density at radius 3 is 2.79 bits per heavy atom. The smallest absolute Gasteiger partial charge is 0.128 e. The first-order chi connectivity index (χ1) is 6.69. The molecule has 0 aliphatic carbocycles. The second-order valence-corrected chi connectivity index (χ2v) is 3.42. The van der Waals surface area contributed by atoms with E-state index >= 15 is 0 Å². The molecule has 2 N–H and O–H groups in total. The van der Waals surface area contributed by atoms with Crippen molar-refractivity contribution in [2.24, 2.45) is 5.73 Å². The van der Waals surface area contributed by atoms with Crippen LogP contribution in [0.5, 0.6) is 0 Å². The Morgan fingerprint density at radius 2 is 2.21 bits per heavy atom. The Morgan fingerprint density at radius 1 is 1.50 bits per heavy atom. The van der Waals surface area contributed by atoms with E-state index in [9.17, 15) is 4.39 Å². The summed E-state index contributed by atoms with van der Waals surface area (Å²) in [6, 6.07) is 5.05. The number of nitrogens with two attached hydrogens (primary N) is 1. The highest BCUT2D eigenvalue weighted by Gasteiger charge is 2.07. The minimum absolute atomic E-state index is 0.222. The van der Waals surface area contributed by atoms with E-state index in [1.807, 2.05) is 13.0 Å². The van der Waals surface area contributed by atoms with Crippen molar-refractivity contribution < 1.29 is 9.13 Å². The van der Waals surface area contributed by atoms with Crippen LogP contribution < -0.4 is 5.73 Å². The average Bonchev–Trinajstić information content (AvgIpc) is 2.20. The maximum atomic E-state index is 13.2. The molecule has 1 aromatic carbocycles. The third-order valence-electron chi connectivity index (χ3n) is 2.29. The molecule has 3 heteroatoms. The quantitative estimate of drug-likeness (QED) is 0.801. The fourth-order valence-corrected chi connectivity index (χ4v) is 1.30. The molecule has 0 aliphatic heterocycles. The van der Waals surface area contributed by atoms with Gasteiger partial charge in [0.2, 0.25) is 0 Å². The molecule has 78 valence electrons. The summed E-state index contributed by atoms with van der Waals surface area (Å²) in [7, 11) is 1.55. The summed E-state index contributed by atoms with van der Waals surface area (Å²) in [5.41, 5.74) is 7.19. The molecule has 0 radical (unpaired) electrons. The maximum absolute atomic E-state index is 13.2. The molecule has 2 nitrogen and oxygen atoms in total. The molecule has 0 amide bonds. The van der Waals surface area contributed by atoms with Crippen molar-refractivity contribution in [2.45, 2.75) is 19.4 Å². The van der Waals surface area contributed by atoms with Gasteiger partial charge in [-0.3, -0.25) is 0 Å². The number of hydrogen-bond donors (Lipinski definition) is 1. The van der Waals surface area contributed by atoms with E-state index in [1.54, 1.807) is 13.2 Å². The van der Waals surface area contributed by atoms with E-state index in [-0.39, 0.29) is 11.7 Å². The Balaban J connectivity index is 2.93. The Bertz CT molecular complexity index is 301. The van der Waals surface area contributed by atoms with E-state index in [0.717, 1.165) is 5.56 Å². The largest absolute Gasteiger partial charge is 0.380 e. The first-order valence-electron chi connectivity index (χ1n) is 4.66. The first kappa shape index (κ1) is 11.1. The summed E-state index contributed by atoms with van der Waals surface area (Å²) in [5.74, 6) is 0.0334. The van der Waals surface area contributed by atoms with E-state index < -0.39 is 0 Å². The summed E-state index contributed by atoms with van der Waals surface area (Å²) >= 11 is 0. The number of benzene rings is 1. The number of hydrogen-bond acceptors (Lipinski definition) is 2. The molecular weight excluding hydrogens is 181 g/mol. The van der Waals surface area contributed by atoms with Gasteiger partial charge in [-0.2, -0.15) is 0 Å². The van der Waals surface area contributed by atoms with Gasteiger partial charge in [-0.25, -0.2) is 4.39 Å². The number of rotatable bonds is 4. The summed E-state index contributed by atoms with van der Waals surface area (Å²) < 4.78 is 18.1. The van der Waals surface area contributed by atoms with E-state index in [0.29, 0.717) is 18.7 Å². The molecule has 0 saturated heterocycles. The molecule has 1 atom stereocenters. The molecule has 1 aromatic rings. The summed E-state index contributed by atoms with van der Waals surface area (Å²) in [5, 5.41) is 0. The van der Waals surface area contributed by atoms with E-state index in [4.69, 9.17) is 10.5 Å². The Kier molecular flexibility index (Phi) is 4.04. The molecular formula is C11H16FNO. The van der Waals surface area contributed by atoms with Crippen LogP contribution in [0.15, 0.2) is 18.2 Å². The van der Waals surface area contributed by atoms with Crippen LogP contribution >= 0.6 is 0 Å². The van der Waals surface area contributed by atoms with Gasteiger partial charge in [0, 0.05) is 12.7 Å². The minimum Gasteiger partial charge on any atom is -0.380 e. The molecule has 1 unspecified atom stereocenters. The fourth-order valence-electron chi connectivity index (χ4n) is 1.30. The van der Waals surface area contributed by atoms with Crippen molar-refractivity contribution in [2.75, 3.05) is 13.7 Å². The molecule has 0 aromatic heterocycles. The summed E-state index contributed by atoms with van der Waals surface area (Å²) in [6.45, 7) is 2.89. The van der Waals surface area contributed by atoms with Crippen LogP contribution in [0.4, 0.5) is 4.39 Å². The van der Waals surface area contributed by atoms with Crippen LogP contribution in [0.25, 0.3) is 0 Å². The van der Waals surface area contributed by atoms with Crippen LogP contribution in [0.3, 0.4) is 0 Å². The van der Waals surface area contributed by atoms with Gasteiger partial charge in [-0.15, -0.1) is 0 Å². The van der Waals surface area contributed by atoms with Crippen molar-refractivity contribution in [3.63, 3.8) is 0 Å². The van der Waals surface area contributed by atoms with Gasteiger partial charge in [0.15, 0.2) is 0 Å². The topological polar surface area (TPSA) is 35.2 Å². The van der Waals surface area contributed by atoms with Crippen LogP contribution in [0.2, 0.25) is 0 Å². The molecule has 1 rings (SSSR count). The maximum Gasteiger partial charge on any atom is 0.128 e. The van der Waals surface area contributed by atoms with Crippen molar-refractivity contribution >= 4 is 0 Å². The minimum atomic E-state index is -0.222. The standard InChI is InChI=1S/C11H16FNO/c1-8(6-13)9-3-4-11(12)10(5-9)7-14-2/h3-5,8H,6-7,13H2,1-2H3. The summed E-state index contributed by atoms with van der Waals surface area (Å²) in [6.07, 6.45) is 0. The highest BCUT2D eigenvalue weighted by Crippen LogP contribution is 2.18. The van der Waals surface area contributed by atoms with E-state index in [1.165, 1.54) is 6.07 Å². The highest BCUT2D eigenvalue weighted by atomic mass is 19.1. The van der Waals surface area contributed by atoms with Crippen molar-refractivity contribution in [1.82, 2.24) is 0 Å². The van der Waals surface area contributed by atoms with Crippen LogP contribution in [-0.4, -0.2) is 13.7 Å². The lowest BCUT2D eigenvalue weighted by Crippen LogP contribution is -2.09. The van der Waals surface area contributed by atoms with Gasteiger partial charge < -0.3 is 10.5 Å². The normalized spacial score (nSPS) is 12.9. The number of methoxy groups -OCH3 is 1. The molecule has 0 fully saturated rings. The third kappa shape index (κ3) is 2.53. The lowest BCUT2D eigenvalue weighted by atomic mass is 9.99. The second kappa shape index (κ2) is 5.08. The van der Waals surface area contributed by atoms with Gasteiger partial charge in [0.05, 0.1) is 6.61 Å². The van der Waals surface area contributed by atoms with Gasteiger partial charge in [-0.1, -0.05) is 19.1 Å². The summed E-state index contributed by atoms with van der Waals surface area (Å²) in [4.78, 5) is 0. The van der Waals surface area contributed by atoms with Crippen LogP contribution in [-0.2, 0) is 11.3 Å². The van der Waals surface area contributed by atoms with E-state index in [2.05, 4.69) is 0 Å². The molecule has 0 aliphatic rings. The monoisotopic (exact) mass is 197 g/mol. The SMILES string of the molecule is COCc1cc(C(C)CN)ccc1F. The average molecular weight is 197 g/mol. The highest BCUT2D eigenvalue weighted by molar-refractivity contribution is 5.27. The zero-order valence-corrected chi connectivity index (χ0v) is 8.59. The molecule has 0 heterocycles.